The van der Waals surface area contributed by atoms with Gasteiger partial charge in [0.15, 0.2) is 0 Å². The molecule has 1 aliphatic rings. The van der Waals surface area contributed by atoms with Crippen LogP contribution in [-0.4, -0.2) is 17.9 Å². The molecule has 0 bridgehead atoms. The molecular formula is C20H22N2O2. The molecule has 2 aromatic rings. The van der Waals surface area contributed by atoms with Gasteiger partial charge in [-0.3, -0.25) is 9.59 Å². The predicted octanol–water partition coefficient (Wildman–Crippen LogP) is 4.00. The van der Waals surface area contributed by atoms with Crippen LogP contribution in [0.3, 0.4) is 0 Å². The number of nitrogens with one attached hydrogen (secondary N) is 2. The molecule has 24 heavy (non-hydrogen) atoms. The van der Waals surface area contributed by atoms with Crippen molar-refractivity contribution in [2.75, 3.05) is 5.32 Å². The average molecular weight is 322 g/mol. The monoisotopic (exact) mass is 322 g/mol. The third-order valence-corrected chi connectivity index (χ3v) is 4.39. The summed E-state index contributed by atoms with van der Waals surface area (Å²) in [4.78, 5) is 25.1. The Morgan fingerprint density at radius 2 is 1.33 bits per heavy atom. The van der Waals surface area contributed by atoms with Gasteiger partial charge in [0.2, 0.25) is 0 Å². The number of anilines is 1. The van der Waals surface area contributed by atoms with Crippen molar-refractivity contribution in [3.8, 4) is 0 Å². The van der Waals surface area contributed by atoms with E-state index in [2.05, 4.69) is 10.6 Å². The maximum Gasteiger partial charge on any atom is 0.256 e. The number of hydrogen-bond donors (Lipinski definition) is 2. The number of carbonyl (C=O) groups is 2. The summed E-state index contributed by atoms with van der Waals surface area (Å²) in [5.41, 5.74) is 1.54. The number of rotatable bonds is 4. The first kappa shape index (κ1) is 16.2. The summed E-state index contributed by atoms with van der Waals surface area (Å²) in [5.74, 6) is -0.434. The van der Waals surface area contributed by atoms with Gasteiger partial charge in [-0.1, -0.05) is 49.6 Å². The molecule has 0 unspecified atom stereocenters. The third kappa shape index (κ3) is 4.02. The number of carbonyl (C=O) groups excluding carboxylic acids is 2. The Balaban J connectivity index is 1.74. The SMILES string of the molecule is O=C(Nc1ccccc1)c1ccccc1C(=O)NC1CCCCC1. The van der Waals surface area contributed by atoms with E-state index in [4.69, 9.17) is 0 Å². The van der Waals surface area contributed by atoms with Gasteiger partial charge in [-0.05, 0) is 37.1 Å². The fourth-order valence-electron chi connectivity index (χ4n) is 3.11. The van der Waals surface area contributed by atoms with Crippen molar-refractivity contribution in [1.82, 2.24) is 5.32 Å². The van der Waals surface area contributed by atoms with Crippen LogP contribution in [0.25, 0.3) is 0 Å². The van der Waals surface area contributed by atoms with Crippen LogP contribution in [0, 0.1) is 0 Å². The van der Waals surface area contributed by atoms with E-state index in [1.165, 1.54) is 6.42 Å². The molecule has 2 aromatic carbocycles. The summed E-state index contributed by atoms with van der Waals surface area (Å²) in [5, 5.41) is 5.91. The van der Waals surface area contributed by atoms with E-state index >= 15 is 0 Å². The second kappa shape index (κ2) is 7.77. The van der Waals surface area contributed by atoms with Gasteiger partial charge in [0, 0.05) is 11.7 Å². The minimum Gasteiger partial charge on any atom is -0.349 e. The fourth-order valence-corrected chi connectivity index (χ4v) is 3.11. The summed E-state index contributed by atoms with van der Waals surface area (Å²) in [6, 6.07) is 16.4. The molecule has 0 atom stereocenters. The molecule has 0 spiro atoms. The Morgan fingerprint density at radius 1 is 0.750 bits per heavy atom. The lowest BCUT2D eigenvalue weighted by molar-refractivity contribution is 0.0917. The second-order valence-corrected chi connectivity index (χ2v) is 6.17. The first-order valence-corrected chi connectivity index (χ1v) is 8.50. The van der Waals surface area contributed by atoms with E-state index in [9.17, 15) is 9.59 Å². The highest BCUT2D eigenvalue weighted by atomic mass is 16.2. The molecular weight excluding hydrogens is 300 g/mol. The Kier molecular flexibility index (Phi) is 5.26. The highest BCUT2D eigenvalue weighted by Crippen LogP contribution is 2.19. The molecule has 0 saturated heterocycles. The number of hydrogen-bond acceptors (Lipinski definition) is 2. The van der Waals surface area contributed by atoms with E-state index in [1.807, 2.05) is 30.3 Å². The van der Waals surface area contributed by atoms with Crippen molar-refractivity contribution >= 4 is 17.5 Å². The van der Waals surface area contributed by atoms with E-state index in [0.717, 1.165) is 25.7 Å². The van der Waals surface area contributed by atoms with Crippen molar-refractivity contribution in [3.63, 3.8) is 0 Å². The molecule has 2 amide bonds. The van der Waals surface area contributed by atoms with Gasteiger partial charge in [-0.2, -0.15) is 0 Å². The van der Waals surface area contributed by atoms with Crippen LogP contribution in [0.1, 0.15) is 52.8 Å². The first-order valence-electron chi connectivity index (χ1n) is 8.50. The summed E-state index contributed by atoms with van der Waals surface area (Å²) in [6.45, 7) is 0. The lowest BCUT2D eigenvalue weighted by Gasteiger charge is -2.23. The van der Waals surface area contributed by atoms with Crippen molar-refractivity contribution in [3.05, 3.63) is 65.7 Å². The van der Waals surface area contributed by atoms with Crippen molar-refractivity contribution in [2.24, 2.45) is 0 Å². The Hall–Kier alpha value is -2.62. The lowest BCUT2D eigenvalue weighted by atomic mass is 9.95. The molecule has 0 radical (unpaired) electrons. The Labute approximate surface area is 142 Å². The van der Waals surface area contributed by atoms with Gasteiger partial charge < -0.3 is 10.6 Å². The minimum absolute atomic E-state index is 0.166. The quantitative estimate of drug-likeness (QED) is 0.894. The van der Waals surface area contributed by atoms with Crippen LogP contribution in [0.4, 0.5) is 5.69 Å². The van der Waals surface area contributed by atoms with E-state index in [1.54, 1.807) is 24.3 Å². The molecule has 0 heterocycles. The normalized spacial score (nSPS) is 14.8. The smallest absolute Gasteiger partial charge is 0.256 e. The second-order valence-electron chi connectivity index (χ2n) is 6.17. The van der Waals surface area contributed by atoms with E-state index in [-0.39, 0.29) is 17.9 Å². The van der Waals surface area contributed by atoms with Gasteiger partial charge in [-0.15, -0.1) is 0 Å². The summed E-state index contributed by atoms with van der Waals surface area (Å²) >= 11 is 0. The summed E-state index contributed by atoms with van der Waals surface area (Å²) in [6.07, 6.45) is 5.58. The van der Waals surface area contributed by atoms with Gasteiger partial charge >= 0.3 is 0 Å². The molecule has 2 N–H and O–H groups in total. The molecule has 124 valence electrons. The molecule has 1 aliphatic carbocycles. The average Bonchev–Trinajstić information content (AvgIpc) is 2.63. The molecule has 0 aliphatic heterocycles. The van der Waals surface area contributed by atoms with Gasteiger partial charge in [0.05, 0.1) is 11.1 Å². The molecule has 4 nitrogen and oxygen atoms in total. The van der Waals surface area contributed by atoms with Crippen LogP contribution in [-0.2, 0) is 0 Å². The Bertz CT molecular complexity index is 707. The van der Waals surface area contributed by atoms with Gasteiger partial charge in [0.25, 0.3) is 11.8 Å². The van der Waals surface area contributed by atoms with Crippen molar-refractivity contribution in [1.29, 1.82) is 0 Å². The topological polar surface area (TPSA) is 58.2 Å². The fraction of sp³-hybridized carbons (Fsp3) is 0.300. The van der Waals surface area contributed by atoms with Crippen LogP contribution in [0.5, 0.6) is 0 Å². The summed E-state index contributed by atoms with van der Waals surface area (Å²) in [7, 11) is 0. The maximum atomic E-state index is 12.6. The number of amides is 2. The van der Waals surface area contributed by atoms with Crippen LogP contribution >= 0.6 is 0 Å². The zero-order chi connectivity index (χ0) is 16.8. The van der Waals surface area contributed by atoms with Crippen molar-refractivity contribution < 1.29 is 9.59 Å². The van der Waals surface area contributed by atoms with Gasteiger partial charge in [-0.25, -0.2) is 0 Å². The molecule has 3 rings (SSSR count). The van der Waals surface area contributed by atoms with Gasteiger partial charge in [0.1, 0.15) is 0 Å². The molecule has 0 aromatic heterocycles. The third-order valence-electron chi connectivity index (χ3n) is 4.39. The first-order chi connectivity index (χ1) is 11.7. The van der Waals surface area contributed by atoms with Crippen LogP contribution in [0.15, 0.2) is 54.6 Å². The molecule has 4 heteroatoms. The largest absolute Gasteiger partial charge is 0.349 e. The number of para-hydroxylation sites is 1. The minimum atomic E-state index is -0.268. The summed E-state index contributed by atoms with van der Waals surface area (Å²) < 4.78 is 0. The van der Waals surface area contributed by atoms with Crippen LogP contribution < -0.4 is 10.6 Å². The Morgan fingerprint density at radius 3 is 2.00 bits per heavy atom. The zero-order valence-electron chi connectivity index (χ0n) is 13.6. The highest BCUT2D eigenvalue weighted by molar-refractivity contribution is 6.12. The standard InChI is InChI=1S/C20H22N2O2/c23-19(21-15-9-3-1-4-10-15)17-13-7-8-14-18(17)20(24)22-16-11-5-2-6-12-16/h1,3-4,7-10,13-14,16H,2,5-6,11-12H2,(H,21,23)(H,22,24). The van der Waals surface area contributed by atoms with Crippen molar-refractivity contribution in [2.45, 2.75) is 38.1 Å². The van der Waals surface area contributed by atoms with E-state index in [0.29, 0.717) is 16.8 Å². The predicted molar refractivity (Wildman–Crippen MR) is 95.2 cm³/mol. The molecule has 1 fully saturated rings. The maximum absolute atomic E-state index is 12.6. The highest BCUT2D eigenvalue weighted by Gasteiger charge is 2.20. The van der Waals surface area contributed by atoms with E-state index < -0.39 is 0 Å². The molecule has 1 saturated carbocycles. The number of benzene rings is 2. The van der Waals surface area contributed by atoms with Crippen LogP contribution in [0.2, 0.25) is 0 Å². The lowest BCUT2D eigenvalue weighted by Crippen LogP contribution is -2.37. The zero-order valence-corrected chi connectivity index (χ0v) is 13.6.